The van der Waals surface area contributed by atoms with Crippen molar-refractivity contribution in [2.75, 3.05) is 40.5 Å². The summed E-state index contributed by atoms with van der Waals surface area (Å²) in [6, 6.07) is 10.4. The molecule has 2 aromatic rings. The first-order chi connectivity index (χ1) is 13.2. The number of aromatic nitrogens is 1. The van der Waals surface area contributed by atoms with Gasteiger partial charge in [-0.05, 0) is 25.0 Å². The topological polar surface area (TPSA) is 54.9 Å². The second-order valence-electron chi connectivity index (χ2n) is 7.48. The van der Waals surface area contributed by atoms with Crippen molar-refractivity contribution in [3.8, 4) is 5.75 Å². The van der Waals surface area contributed by atoms with Gasteiger partial charge in [0, 0.05) is 44.7 Å². The maximum atomic E-state index is 12.8. The maximum absolute atomic E-state index is 12.8. The number of pyridine rings is 1. The van der Waals surface area contributed by atoms with Crippen molar-refractivity contribution >= 4 is 16.8 Å². The smallest absolute Gasteiger partial charge is 0.227 e. The number of rotatable bonds is 6. The van der Waals surface area contributed by atoms with E-state index >= 15 is 0 Å². The normalized spacial score (nSPS) is 23.0. The van der Waals surface area contributed by atoms with Gasteiger partial charge in [-0.1, -0.05) is 18.2 Å². The molecule has 5 rings (SSSR count). The molecule has 3 aliphatic heterocycles. The van der Waals surface area contributed by atoms with E-state index in [1.165, 1.54) is 0 Å². The molecule has 3 saturated heterocycles. The number of carbonyl (C=O) groups excluding carboxylic acids is 1. The molecular formula is C21H27N3O3. The molecule has 0 N–H and O–H groups in total. The SMILES string of the molecule is COCCN1C(=O)C2CCC1CN(Cc1ccc3cccc(OC)c3n1)C2. The van der Waals surface area contributed by atoms with Crippen LogP contribution in [0.15, 0.2) is 30.3 Å². The highest BCUT2D eigenvalue weighted by molar-refractivity contribution is 5.84. The van der Waals surface area contributed by atoms with Crippen molar-refractivity contribution in [3.05, 3.63) is 36.0 Å². The zero-order valence-electron chi connectivity index (χ0n) is 16.1. The van der Waals surface area contributed by atoms with Gasteiger partial charge >= 0.3 is 0 Å². The molecule has 4 heterocycles. The summed E-state index contributed by atoms with van der Waals surface area (Å²) in [5, 5.41) is 1.08. The third kappa shape index (κ3) is 3.64. The monoisotopic (exact) mass is 369 g/mol. The quantitative estimate of drug-likeness (QED) is 0.782. The van der Waals surface area contributed by atoms with Crippen molar-refractivity contribution in [2.45, 2.75) is 25.4 Å². The number of hydrogen-bond acceptors (Lipinski definition) is 5. The molecule has 2 bridgehead atoms. The summed E-state index contributed by atoms with van der Waals surface area (Å²) < 4.78 is 10.7. The first-order valence-electron chi connectivity index (χ1n) is 9.64. The van der Waals surface area contributed by atoms with Crippen molar-refractivity contribution in [2.24, 2.45) is 5.92 Å². The summed E-state index contributed by atoms with van der Waals surface area (Å²) in [6.07, 6.45) is 2.07. The first kappa shape index (κ1) is 18.2. The Morgan fingerprint density at radius 2 is 2.04 bits per heavy atom. The van der Waals surface area contributed by atoms with E-state index in [9.17, 15) is 4.79 Å². The predicted octanol–water partition coefficient (Wildman–Crippen LogP) is 2.31. The molecule has 0 radical (unpaired) electrons. The zero-order valence-corrected chi connectivity index (χ0v) is 16.1. The van der Waals surface area contributed by atoms with Crippen LogP contribution < -0.4 is 4.74 Å². The van der Waals surface area contributed by atoms with Crippen molar-refractivity contribution in [1.29, 1.82) is 0 Å². The predicted molar refractivity (Wildman–Crippen MR) is 104 cm³/mol. The number of methoxy groups -OCH3 is 2. The minimum absolute atomic E-state index is 0.0931. The standard InChI is InChI=1S/C21H27N3O3/c1-26-11-10-24-18-9-7-16(21(24)25)12-23(14-18)13-17-8-6-15-4-3-5-19(27-2)20(15)22-17/h3-6,8,16,18H,7,9-14H2,1-2H3. The fraction of sp³-hybridized carbons (Fsp3) is 0.524. The van der Waals surface area contributed by atoms with Gasteiger partial charge in [0.15, 0.2) is 0 Å². The molecule has 0 aliphatic carbocycles. The van der Waals surface area contributed by atoms with Gasteiger partial charge in [-0.15, -0.1) is 0 Å². The maximum Gasteiger partial charge on any atom is 0.227 e. The molecule has 144 valence electrons. The Hall–Kier alpha value is -2.18. The van der Waals surface area contributed by atoms with Crippen LogP contribution >= 0.6 is 0 Å². The van der Waals surface area contributed by atoms with Crippen LogP contribution in [-0.2, 0) is 16.1 Å². The Kier molecular flexibility index (Phi) is 5.27. The van der Waals surface area contributed by atoms with Gasteiger partial charge in [0.1, 0.15) is 11.3 Å². The summed E-state index contributed by atoms with van der Waals surface area (Å²) in [7, 11) is 3.36. The number of ether oxygens (including phenoxy) is 2. The molecule has 6 nitrogen and oxygen atoms in total. The average molecular weight is 369 g/mol. The molecule has 2 unspecified atom stereocenters. The number of para-hydroxylation sites is 1. The third-order valence-corrected chi connectivity index (χ3v) is 5.75. The van der Waals surface area contributed by atoms with Crippen LogP contribution in [0, 0.1) is 5.92 Å². The average Bonchev–Trinajstić information content (AvgIpc) is 2.96. The van der Waals surface area contributed by atoms with Crippen molar-refractivity contribution in [3.63, 3.8) is 0 Å². The molecule has 0 saturated carbocycles. The lowest BCUT2D eigenvalue weighted by Gasteiger charge is -2.35. The second kappa shape index (κ2) is 7.82. The molecule has 1 aromatic carbocycles. The van der Waals surface area contributed by atoms with E-state index in [4.69, 9.17) is 14.5 Å². The number of piperidine rings is 1. The van der Waals surface area contributed by atoms with Gasteiger partial charge < -0.3 is 14.4 Å². The Bertz CT molecular complexity index is 825. The van der Waals surface area contributed by atoms with Gasteiger partial charge in [0.25, 0.3) is 0 Å². The Labute approximate surface area is 160 Å². The zero-order chi connectivity index (χ0) is 18.8. The number of fused-ring (bicyclic) bond motifs is 5. The summed E-state index contributed by atoms with van der Waals surface area (Å²) in [5.74, 6) is 1.18. The van der Waals surface area contributed by atoms with Crippen molar-refractivity contribution in [1.82, 2.24) is 14.8 Å². The minimum atomic E-state index is 0.0931. The third-order valence-electron chi connectivity index (χ3n) is 5.75. The van der Waals surface area contributed by atoms with Crippen LogP contribution in [-0.4, -0.2) is 67.2 Å². The number of hydrogen-bond donors (Lipinski definition) is 0. The molecule has 6 heteroatoms. The van der Waals surface area contributed by atoms with E-state index in [-0.39, 0.29) is 12.0 Å². The van der Waals surface area contributed by atoms with E-state index < -0.39 is 0 Å². The van der Waals surface area contributed by atoms with Crippen LogP contribution in [0.1, 0.15) is 18.5 Å². The summed E-state index contributed by atoms with van der Waals surface area (Å²) in [6.45, 7) is 3.76. The number of carbonyl (C=O) groups is 1. The molecule has 27 heavy (non-hydrogen) atoms. The van der Waals surface area contributed by atoms with Crippen LogP contribution in [0.3, 0.4) is 0 Å². The van der Waals surface area contributed by atoms with Gasteiger partial charge in [0.05, 0.1) is 25.3 Å². The molecule has 3 fully saturated rings. The Balaban J connectivity index is 1.53. The largest absolute Gasteiger partial charge is 0.494 e. The minimum Gasteiger partial charge on any atom is -0.494 e. The second-order valence-corrected chi connectivity index (χ2v) is 7.48. The molecule has 1 aromatic heterocycles. The van der Waals surface area contributed by atoms with E-state index in [1.807, 2.05) is 23.1 Å². The number of benzene rings is 1. The van der Waals surface area contributed by atoms with Crippen LogP contribution in [0.5, 0.6) is 5.75 Å². The highest BCUT2D eigenvalue weighted by Crippen LogP contribution is 2.30. The van der Waals surface area contributed by atoms with Crippen LogP contribution in [0.4, 0.5) is 0 Å². The number of amides is 1. The molecule has 3 aliphatic rings. The molecule has 1 amide bonds. The lowest BCUT2D eigenvalue weighted by atomic mass is 9.94. The van der Waals surface area contributed by atoms with E-state index in [0.717, 1.165) is 54.8 Å². The fourth-order valence-corrected chi connectivity index (χ4v) is 4.38. The van der Waals surface area contributed by atoms with Gasteiger partial charge in [0.2, 0.25) is 5.91 Å². The summed E-state index contributed by atoms with van der Waals surface area (Å²) in [4.78, 5) is 22.0. The summed E-state index contributed by atoms with van der Waals surface area (Å²) in [5.41, 5.74) is 1.91. The summed E-state index contributed by atoms with van der Waals surface area (Å²) >= 11 is 0. The molecule has 2 atom stereocenters. The van der Waals surface area contributed by atoms with E-state index in [0.29, 0.717) is 19.1 Å². The fourth-order valence-electron chi connectivity index (χ4n) is 4.38. The van der Waals surface area contributed by atoms with E-state index in [2.05, 4.69) is 17.0 Å². The van der Waals surface area contributed by atoms with Gasteiger partial charge in [-0.2, -0.15) is 0 Å². The van der Waals surface area contributed by atoms with Crippen LogP contribution in [0.25, 0.3) is 10.9 Å². The van der Waals surface area contributed by atoms with Crippen molar-refractivity contribution < 1.29 is 14.3 Å². The lowest BCUT2D eigenvalue weighted by Crippen LogP contribution is -2.49. The van der Waals surface area contributed by atoms with Crippen LogP contribution in [0.2, 0.25) is 0 Å². The Morgan fingerprint density at radius 1 is 1.15 bits per heavy atom. The highest BCUT2D eigenvalue weighted by Gasteiger charge is 2.40. The Morgan fingerprint density at radius 3 is 2.85 bits per heavy atom. The van der Waals surface area contributed by atoms with Gasteiger partial charge in [-0.25, -0.2) is 4.98 Å². The van der Waals surface area contributed by atoms with Gasteiger partial charge in [-0.3, -0.25) is 9.69 Å². The van der Waals surface area contributed by atoms with E-state index in [1.54, 1.807) is 14.2 Å². The molecule has 0 spiro atoms. The molecular weight excluding hydrogens is 342 g/mol. The highest BCUT2D eigenvalue weighted by atomic mass is 16.5. The first-order valence-corrected chi connectivity index (χ1v) is 9.64. The number of nitrogens with zero attached hydrogens (tertiary/aromatic N) is 3. The lowest BCUT2D eigenvalue weighted by molar-refractivity contribution is -0.140.